The number of ether oxygens (including phenoxy) is 1. The Morgan fingerprint density at radius 1 is 1.07 bits per heavy atom. The highest BCUT2D eigenvalue weighted by atomic mass is 32.1. The molecule has 8 heteroatoms. The van der Waals surface area contributed by atoms with E-state index < -0.39 is 12.0 Å². The SMILES string of the molecule is CCOC(=O)NC(=O)c1c(NC(=O)c2ccc(N(C)C)cc2)sc(C)c1C. The standard InChI is InChI=1S/C19H23N3O4S/c1-6-26-19(25)21-17(24)15-11(2)12(3)27-18(15)20-16(23)13-7-9-14(10-8-13)22(4)5/h7-10H,6H2,1-5H3,(H,20,23)(H,21,24,25). The molecule has 2 aromatic rings. The first kappa shape index (κ1) is 20.4. The number of hydrogen-bond acceptors (Lipinski definition) is 6. The summed E-state index contributed by atoms with van der Waals surface area (Å²) < 4.78 is 4.74. The Hall–Kier alpha value is -2.87. The highest BCUT2D eigenvalue weighted by Crippen LogP contribution is 2.32. The lowest BCUT2D eigenvalue weighted by Crippen LogP contribution is -2.31. The minimum Gasteiger partial charge on any atom is -0.450 e. The lowest BCUT2D eigenvalue weighted by molar-refractivity contribution is 0.0925. The van der Waals surface area contributed by atoms with Crippen molar-refractivity contribution in [2.24, 2.45) is 0 Å². The van der Waals surface area contributed by atoms with E-state index in [9.17, 15) is 14.4 Å². The molecule has 1 heterocycles. The van der Waals surface area contributed by atoms with Crippen LogP contribution in [0.2, 0.25) is 0 Å². The van der Waals surface area contributed by atoms with Gasteiger partial charge in [0.1, 0.15) is 5.00 Å². The molecule has 0 saturated heterocycles. The number of nitrogens with zero attached hydrogens (tertiary/aromatic N) is 1. The number of benzene rings is 1. The molecule has 1 aromatic carbocycles. The van der Waals surface area contributed by atoms with Gasteiger partial charge in [-0.2, -0.15) is 0 Å². The third-order valence-electron chi connectivity index (χ3n) is 3.98. The molecule has 1 aromatic heterocycles. The van der Waals surface area contributed by atoms with Gasteiger partial charge in [-0.1, -0.05) is 0 Å². The van der Waals surface area contributed by atoms with Crippen molar-refractivity contribution < 1.29 is 19.1 Å². The van der Waals surface area contributed by atoms with Crippen molar-refractivity contribution in [1.82, 2.24) is 5.32 Å². The van der Waals surface area contributed by atoms with Crippen molar-refractivity contribution in [3.8, 4) is 0 Å². The number of rotatable bonds is 5. The number of amides is 3. The number of anilines is 2. The van der Waals surface area contributed by atoms with Crippen LogP contribution in [0.25, 0.3) is 0 Å². The molecule has 0 aliphatic rings. The Labute approximate surface area is 162 Å². The number of alkyl carbamates (subject to hydrolysis) is 1. The fraction of sp³-hybridized carbons (Fsp3) is 0.316. The normalized spacial score (nSPS) is 10.3. The van der Waals surface area contributed by atoms with Crippen LogP contribution < -0.4 is 15.5 Å². The van der Waals surface area contributed by atoms with E-state index >= 15 is 0 Å². The van der Waals surface area contributed by atoms with Crippen molar-refractivity contribution in [2.45, 2.75) is 20.8 Å². The van der Waals surface area contributed by atoms with Crippen LogP contribution >= 0.6 is 11.3 Å². The van der Waals surface area contributed by atoms with Gasteiger partial charge in [-0.05, 0) is 50.6 Å². The zero-order chi connectivity index (χ0) is 20.1. The summed E-state index contributed by atoms with van der Waals surface area (Å²) in [5.41, 5.74) is 2.42. The van der Waals surface area contributed by atoms with E-state index in [1.165, 1.54) is 11.3 Å². The predicted octanol–water partition coefficient (Wildman–Crippen LogP) is 3.57. The van der Waals surface area contributed by atoms with E-state index in [0.29, 0.717) is 16.1 Å². The van der Waals surface area contributed by atoms with Crippen molar-refractivity contribution in [1.29, 1.82) is 0 Å². The van der Waals surface area contributed by atoms with E-state index in [0.717, 1.165) is 10.6 Å². The van der Waals surface area contributed by atoms with Gasteiger partial charge in [0, 0.05) is 30.2 Å². The molecule has 2 N–H and O–H groups in total. The summed E-state index contributed by atoms with van der Waals surface area (Å²) in [7, 11) is 3.83. The lowest BCUT2D eigenvalue weighted by atomic mass is 10.1. The largest absolute Gasteiger partial charge is 0.450 e. The monoisotopic (exact) mass is 389 g/mol. The van der Waals surface area contributed by atoms with Gasteiger partial charge in [-0.15, -0.1) is 11.3 Å². The third-order valence-corrected chi connectivity index (χ3v) is 5.10. The molecule has 0 aliphatic heterocycles. The van der Waals surface area contributed by atoms with E-state index in [2.05, 4.69) is 10.6 Å². The molecule has 27 heavy (non-hydrogen) atoms. The smallest absolute Gasteiger partial charge is 0.414 e. The average Bonchev–Trinajstić information content (AvgIpc) is 2.88. The second-order valence-corrected chi connectivity index (χ2v) is 7.28. The molecule has 0 spiro atoms. The maximum absolute atomic E-state index is 12.6. The highest BCUT2D eigenvalue weighted by Gasteiger charge is 2.23. The van der Waals surface area contributed by atoms with Gasteiger partial charge in [0.2, 0.25) is 0 Å². The summed E-state index contributed by atoms with van der Waals surface area (Å²) in [6, 6.07) is 7.12. The van der Waals surface area contributed by atoms with E-state index in [4.69, 9.17) is 4.74 Å². The molecule has 7 nitrogen and oxygen atoms in total. The van der Waals surface area contributed by atoms with Gasteiger partial charge in [-0.25, -0.2) is 4.79 Å². The Kier molecular flexibility index (Phi) is 6.57. The molecule has 2 rings (SSSR count). The van der Waals surface area contributed by atoms with E-state index in [1.54, 1.807) is 26.0 Å². The second-order valence-electron chi connectivity index (χ2n) is 6.06. The molecular weight excluding hydrogens is 366 g/mol. The van der Waals surface area contributed by atoms with Crippen molar-refractivity contribution in [3.05, 3.63) is 45.8 Å². The average molecular weight is 389 g/mol. The van der Waals surface area contributed by atoms with Gasteiger partial charge < -0.3 is 15.0 Å². The van der Waals surface area contributed by atoms with Crippen LogP contribution in [0.15, 0.2) is 24.3 Å². The molecule has 0 aliphatic carbocycles. The van der Waals surface area contributed by atoms with Crippen LogP contribution in [-0.4, -0.2) is 38.6 Å². The molecule has 144 valence electrons. The number of aryl methyl sites for hydroxylation is 1. The second kappa shape index (κ2) is 8.68. The molecule has 3 amide bonds. The summed E-state index contributed by atoms with van der Waals surface area (Å²) in [5, 5.41) is 5.35. The Morgan fingerprint density at radius 3 is 2.26 bits per heavy atom. The minimum atomic E-state index is -0.817. The molecule has 0 fully saturated rings. The quantitative estimate of drug-likeness (QED) is 0.816. The van der Waals surface area contributed by atoms with Crippen LogP contribution in [0.4, 0.5) is 15.5 Å². The number of thiophene rings is 1. The van der Waals surface area contributed by atoms with Gasteiger partial charge in [0.15, 0.2) is 0 Å². The fourth-order valence-electron chi connectivity index (χ4n) is 2.40. The summed E-state index contributed by atoms with van der Waals surface area (Å²) in [5.74, 6) is -0.930. The first-order chi connectivity index (χ1) is 12.7. The highest BCUT2D eigenvalue weighted by molar-refractivity contribution is 7.16. The predicted molar refractivity (Wildman–Crippen MR) is 107 cm³/mol. The fourth-order valence-corrected chi connectivity index (χ4v) is 3.45. The summed E-state index contributed by atoms with van der Waals surface area (Å²) >= 11 is 1.29. The molecule has 0 unspecified atom stereocenters. The number of nitrogens with one attached hydrogen (secondary N) is 2. The maximum atomic E-state index is 12.6. The zero-order valence-corrected chi connectivity index (χ0v) is 16.8. The van der Waals surface area contributed by atoms with E-state index in [1.807, 2.05) is 38.1 Å². The van der Waals surface area contributed by atoms with Crippen LogP contribution in [0.3, 0.4) is 0 Å². The summed E-state index contributed by atoms with van der Waals surface area (Å²) in [4.78, 5) is 39.4. The Bertz CT molecular complexity index is 857. The van der Waals surface area contributed by atoms with Gasteiger partial charge in [0.25, 0.3) is 11.8 Å². The van der Waals surface area contributed by atoms with Gasteiger partial charge in [0.05, 0.1) is 12.2 Å². The van der Waals surface area contributed by atoms with Crippen LogP contribution in [-0.2, 0) is 4.74 Å². The summed E-state index contributed by atoms with van der Waals surface area (Å²) in [6.07, 6.45) is -0.817. The van der Waals surface area contributed by atoms with Crippen LogP contribution in [0.5, 0.6) is 0 Å². The first-order valence-electron chi connectivity index (χ1n) is 8.41. The van der Waals surface area contributed by atoms with Crippen LogP contribution in [0, 0.1) is 13.8 Å². The third kappa shape index (κ3) is 4.85. The number of hydrogen-bond donors (Lipinski definition) is 2. The number of carbonyl (C=O) groups is 3. The molecular formula is C19H23N3O4S. The van der Waals surface area contributed by atoms with Crippen molar-refractivity contribution in [3.63, 3.8) is 0 Å². The zero-order valence-electron chi connectivity index (χ0n) is 16.0. The summed E-state index contributed by atoms with van der Waals surface area (Å²) in [6.45, 7) is 5.43. The maximum Gasteiger partial charge on any atom is 0.414 e. The van der Waals surface area contributed by atoms with Crippen molar-refractivity contribution in [2.75, 3.05) is 30.9 Å². The number of carbonyl (C=O) groups excluding carboxylic acids is 3. The Balaban J connectivity index is 2.23. The van der Waals surface area contributed by atoms with Crippen molar-refractivity contribution >= 4 is 39.9 Å². The van der Waals surface area contributed by atoms with Crippen LogP contribution in [0.1, 0.15) is 38.1 Å². The first-order valence-corrected chi connectivity index (χ1v) is 9.23. The molecule has 0 atom stereocenters. The minimum absolute atomic E-state index is 0.160. The van der Waals surface area contributed by atoms with E-state index in [-0.39, 0.29) is 18.1 Å². The molecule has 0 radical (unpaired) electrons. The molecule has 0 bridgehead atoms. The number of imide groups is 1. The van der Waals surface area contributed by atoms with Gasteiger partial charge in [-0.3, -0.25) is 14.9 Å². The topological polar surface area (TPSA) is 87.7 Å². The Morgan fingerprint density at radius 2 is 1.70 bits per heavy atom. The lowest BCUT2D eigenvalue weighted by Gasteiger charge is -2.12. The van der Waals surface area contributed by atoms with Gasteiger partial charge >= 0.3 is 6.09 Å². The molecule has 0 saturated carbocycles.